The van der Waals surface area contributed by atoms with Crippen molar-refractivity contribution in [1.82, 2.24) is 4.31 Å². The van der Waals surface area contributed by atoms with Gasteiger partial charge in [-0.1, -0.05) is 53.5 Å². The maximum atomic E-state index is 13.6. The van der Waals surface area contributed by atoms with Crippen LogP contribution in [0, 0.1) is 0 Å². The van der Waals surface area contributed by atoms with Gasteiger partial charge in [0.25, 0.3) is 0 Å². The SMILES string of the molecule is COc1ccc(Cl)cc1NC(=O)CN(Cc1ccccc1)S(=O)(=O)c1cc(Cl)ccc1OC. The number of ether oxygens (including phenoxy) is 2. The Morgan fingerprint density at radius 3 is 2.15 bits per heavy atom. The maximum absolute atomic E-state index is 13.6. The zero-order valence-corrected chi connectivity index (χ0v) is 20.2. The van der Waals surface area contributed by atoms with Gasteiger partial charge < -0.3 is 14.8 Å². The van der Waals surface area contributed by atoms with Gasteiger partial charge in [0.15, 0.2) is 0 Å². The third-order valence-corrected chi connectivity index (χ3v) is 6.98. The molecule has 7 nitrogen and oxygen atoms in total. The first-order valence-corrected chi connectivity index (χ1v) is 11.9. The van der Waals surface area contributed by atoms with E-state index in [1.54, 1.807) is 36.4 Å². The Hall–Kier alpha value is -2.78. The van der Waals surface area contributed by atoms with Gasteiger partial charge in [0.1, 0.15) is 16.4 Å². The van der Waals surface area contributed by atoms with E-state index >= 15 is 0 Å². The van der Waals surface area contributed by atoms with Crippen LogP contribution in [-0.4, -0.2) is 39.4 Å². The Labute approximate surface area is 202 Å². The Kier molecular flexibility index (Phi) is 8.20. The van der Waals surface area contributed by atoms with E-state index in [9.17, 15) is 13.2 Å². The van der Waals surface area contributed by atoms with Crippen LogP contribution in [0.15, 0.2) is 71.6 Å². The summed E-state index contributed by atoms with van der Waals surface area (Å²) in [6.45, 7) is -0.512. The predicted octanol–water partition coefficient (Wildman–Crippen LogP) is 4.84. The van der Waals surface area contributed by atoms with Gasteiger partial charge in [-0.15, -0.1) is 0 Å². The lowest BCUT2D eigenvalue weighted by Crippen LogP contribution is -2.37. The van der Waals surface area contributed by atoms with Crippen molar-refractivity contribution < 1.29 is 22.7 Å². The van der Waals surface area contributed by atoms with E-state index in [0.29, 0.717) is 22.0 Å². The van der Waals surface area contributed by atoms with E-state index in [1.807, 2.05) is 6.07 Å². The van der Waals surface area contributed by atoms with Crippen LogP contribution in [0.25, 0.3) is 0 Å². The summed E-state index contributed by atoms with van der Waals surface area (Å²) in [5, 5.41) is 3.29. The summed E-state index contributed by atoms with van der Waals surface area (Å²) in [5.41, 5.74) is 1.03. The molecule has 0 heterocycles. The standard InChI is InChI=1S/C23H22Cl2N2O5S/c1-31-20-10-8-17(24)12-19(20)26-23(28)15-27(14-16-6-4-3-5-7-16)33(29,30)22-13-18(25)9-11-21(22)32-2/h3-13H,14-15H2,1-2H3,(H,26,28). The second-order valence-electron chi connectivity index (χ2n) is 6.95. The topological polar surface area (TPSA) is 84.9 Å². The van der Waals surface area contributed by atoms with Crippen LogP contribution in [0.5, 0.6) is 11.5 Å². The van der Waals surface area contributed by atoms with Crippen LogP contribution >= 0.6 is 23.2 Å². The van der Waals surface area contributed by atoms with Crippen molar-refractivity contribution in [2.75, 3.05) is 26.1 Å². The molecule has 3 aromatic rings. The first-order valence-electron chi connectivity index (χ1n) is 9.75. The number of hydrogen-bond acceptors (Lipinski definition) is 5. The number of rotatable bonds is 9. The van der Waals surface area contributed by atoms with Gasteiger partial charge in [0, 0.05) is 16.6 Å². The third-order valence-electron chi connectivity index (χ3n) is 4.70. The average Bonchev–Trinajstić information content (AvgIpc) is 2.79. The summed E-state index contributed by atoms with van der Waals surface area (Å²) < 4.78 is 38.7. The molecule has 0 bridgehead atoms. The molecule has 0 atom stereocenters. The molecule has 0 aliphatic rings. The van der Waals surface area contributed by atoms with Gasteiger partial charge >= 0.3 is 0 Å². The lowest BCUT2D eigenvalue weighted by Gasteiger charge is -2.23. The van der Waals surface area contributed by atoms with Crippen molar-refractivity contribution >= 4 is 44.8 Å². The van der Waals surface area contributed by atoms with Gasteiger partial charge in [0.2, 0.25) is 15.9 Å². The second-order valence-corrected chi connectivity index (χ2v) is 9.73. The molecular formula is C23H22Cl2N2O5S. The van der Waals surface area contributed by atoms with Crippen LogP contribution in [0.2, 0.25) is 10.0 Å². The van der Waals surface area contributed by atoms with Crippen LogP contribution in [-0.2, 0) is 21.4 Å². The molecule has 0 saturated carbocycles. The van der Waals surface area contributed by atoms with Gasteiger partial charge in [-0.3, -0.25) is 4.79 Å². The molecular weight excluding hydrogens is 487 g/mol. The zero-order valence-electron chi connectivity index (χ0n) is 17.9. The minimum absolute atomic E-state index is 0.0427. The third kappa shape index (κ3) is 6.17. The van der Waals surface area contributed by atoms with Gasteiger partial charge in [-0.2, -0.15) is 4.31 Å². The number of sulfonamides is 1. The highest BCUT2D eigenvalue weighted by atomic mass is 35.5. The molecule has 0 saturated heterocycles. The number of benzene rings is 3. The van der Waals surface area contributed by atoms with E-state index in [2.05, 4.69) is 5.32 Å². The van der Waals surface area contributed by atoms with Crippen LogP contribution < -0.4 is 14.8 Å². The first-order chi connectivity index (χ1) is 15.7. The number of carbonyl (C=O) groups excluding carboxylic acids is 1. The van der Waals surface area contributed by atoms with Crippen LogP contribution in [0.1, 0.15) is 5.56 Å². The second kappa shape index (κ2) is 10.9. The van der Waals surface area contributed by atoms with Gasteiger partial charge in [-0.05, 0) is 42.0 Å². The Morgan fingerprint density at radius 1 is 0.909 bits per heavy atom. The number of carbonyl (C=O) groups is 1. The molecule has 1 amide bonds. The zero-order chi connectivity index (χ0) is 24.0. The molecule has 0 aliphatic heterocycles. The van der Waals surface area contributed by atoms with Crippen molar-refractivity contribution in [2.24, 2.45) is 0 Å². The van der Waals surface area contributed by atoms with E-state index in [4.69, 9.17) is 32.7 Å². The number of halogens is 2. The molecule has 0 aliphatic carbocycles. The number of nitrogens with one attached hydrogen (secondary N) is 1. The van der Waals surface area contributed by atoms with Crippen molar-refractivity contribution in [1.29, 1.82) is 0 Å². The number of hydrogen-bond donors (Lipinski definition) is 1. The predicted molar refractivity (Wildman–Crippen MR) is 129 cm³/mol. The normalized spacial score (nSPS) is 11.3. The lowest BCUT2D eigenvalue weighted by molar-refractivity contribution is -0.116. The fourth-order valence-electron chi connectivity index (χ4n) is 3.13. The van der Waals surface area contributed by atoms with E-state index < -0.39 is 22.5 Å². The molecule has 0 aromatic heterocycles. The smallest absolute Gasteiger partial charge is 0.247 e. The minimum Gasteiger partial charge on any atom is -0.495 e. The maximum Gasteiger partial charge on any atom is 0.247 e. The molecule has 0 unspecified atom stereocenters. The van der Waals surface area contributed by atoms with Crippen LogP contribution in [0.4, 0.5) is 5.69 Å². The Bertz CT molecular complexity index is 1240. The Morgan fingerprint density at radius 2 is 1.52 bits per heavy atom. The highest BCUT2D eigenvalue weighted by Crippen LogP contribution is 2.31. The monoisotopic (exact) mass is 508 g/mol. The highest BCUT2D eigenvalue weighted by molar-refractivity contribution is 7.89. The van der Waals surface area contributed by atoms with Gasteiger partial charge in [-0.25, -0.2) is 8.42 Å². The number of anilines is 1. The summed E-state index contributed by atoms with van der Waals surface area (Å²) in [6, 6.07) is 18.0. The first kappa shape index (κ1) is 24.9. The average molecular weight is 509 g/mol. The van der Waals surface area contributed by atoms with Crippen LogP contribution in [0.3, 0.4) is 0 Å². The van der Waals surface area contributed by atoms with Crippen molar-refractivity contribution in [2.45, 2.75) is 11.4 Å². The summed E-state index contributed by atoms with van der Waals surface area (Å²) in [6.07, 6.45) is 0. The Balaban J connectivity index is 1.96. The molecule has 0 spiro atoms. The summed E-state index contributed by atoms with van der Waals surface area (Å²) in [7, 11) is -1.35. The van der Waals surface area contributed by atoms with E-state index in [0.717, 1.165) is 4.31 Å². The molecule has 3 aromatic carbocycles. The fraction of sp³-hybridized carbons (Fsp3) is 0.174. The number of nitrogens with zero attached hydrogens (tertiary/aromatic N) is 1. The lowest BCUT2D eigenvalue weighted by atomic mass is 10.2. The molecule has 0 radical (unpaired) electrons. The van der Waals surface area contributed by atoms with Gasteiger partial charge in [0.05, 0.1) is 26.5 Å². The molecule has 1 N–H and O–H groups in total. The number of methoxy groups -OCH3 is 2. The van der Waals surface area contributed by atoms with Crippen molar-refractivity contribution in [3.63, 3.8) is 0 Å². The summed E-state index contributed by atoms with van der Waals surface area (Å²) in [4.78, 5) is 12.8. The molecule has 174 valence electrons. The quantitative estimate of drug-likeness (QED) is 0.446. The molecule has 0 fully saturated rings. The number of amides is 1. The largest absolute Gasteiger partial charge is 0.495 e. The van der Waals surface area contributed by atoms with Crippen molar-refractivity contribution in [3.8, 4) is 11.5 Å². The molecule has 10 heteroatoms. The molecule has 3 rings (SSSR count). The van der Waals surface area contributed by atoms with E-state index in [1.165, 1.54) is 38.5 Å². The molecule has 33 heavy (non-hydrogen) atoms. The summed E-state index contributed by atoms with van der Waals surface area (Å²) in [5.74, 6) is -0.0628. The highest BCUT2D eigenvalue weighted by Gasteiger charge is 2.30. The fourth-order valence-corrected chi connectivity index (χ4v) is 5.11. The summed E-state index contributed by atoms with van der Waals surface area (Å²) >= 11 is 12.1. The van der Waals surface area contributed by atoms with Crippen molar-refractivity contribution in [3.05, 3.63) is 82.3 Å². The van der Waals surface area contributed by atoms with E-state index in [-0.39, 0.29) is 22.2 Å². The minimum atomic E-state index is -4.17.